The average molecular weight is 551 g/mol. The van der Waals surface area contributed by atoms with E-state index in [9.17, 15) is 26.4 Å². The summed E-state index contributed by atoms with van der Waals surface area (Å²) in [5.41, 5.74) is 2.24. The van der Waals surface area contributed by atoms with Gasteiger partial charge in [0, 0.05) is 22.5 Å². The van der Waals surface area contributed by atoms with Crippen molar-refractivity contribution in [1.82, 2.24) is 0 Å². The lowest BCUT2D eigenvalue weighted by Gasteiger charge is -2.14. The van der Waals surface area contributed by atoms with Crippen LogP contribution in [0.4, 0.5) is 11.4 Å². The molecule has 0 spiro atoms. The van der Waals surface area contributed by atoms with Crippen LogP contribution in [-0.4, -0.2) is 28.6 Å². The molecule has 0 aromatic heterocycles. The third-order valence-corrected chi connectivity index (χ3v) is 7.37. The van der Waals surface area contributed by atoms with Crippen molar-refractivity contribution in [2.24, 2.45) is 10.3 Å². The summed E-state index contributed by atoms with van der Waals surface area (Å²) in [6.07, 6.45) is 0. The van der Waals surface area contributed by atoms with Gasteiger partial charge < -0.3 is 10.6 Å². The predicted molar refractivity (Wildman–Crippen MR) is 143 cm³/mol. The van der Waals surface area contributed by atoms with Crippen LogP contribution in [0.3, 0.4) is 0 Å². The van der Waals surface area contributed by atoms with E-state index in [1.165, 1.54) is 48.5 Å². The predicted octanol–water partition coefficient (Wildman–Crippen LogP) is 3.15. The van der Waals surface area contributed by atoms with Crippen molar-refractivity contribution in [1.29, 1.82) is 0 Å². The van der Waals surface area contributed by atoms with Crippen LogP contribution in [0.15, 0.2) is 107 Å². The van der Waals surface area contributed by atoms with E-state index in [-0.39, 0.29) is 20.9 Å². The van der Waals surface area contributed by atoms with E-state index < -0.39 is 31.9 Å². The van der Waals surface area contributed by atoms with Gasteiger partial charge in [-0.1, -0.05) is 36.4 Å². The van der Waals surface area contributed by atoms with E-state index in [1.807, 2.05) is 0 Å². The lowest BCUT2D eigenvalue weighted by Crippen LogP contribution is -2.16. The highest BCUT2D eigenvalue weighted by Crippen LogP contribution is 2.29. The van der Waals surface area contributed by atoms with E-state index >= 15 is 0 Å². The molecule has 0 bridgehead atoms. The minimum absolute atomic E-state index is 0.0878. The van der Waals surface area contributed by atoms with Crippen molar-refractivity contribution >= 4 is 43.2 Å². The SMILES string of the molecule is NS(=O)(=O)c1ccc(NC(=O)c2ccccc2-c2ccccc2C(=O)Nc2ccc(S(N)(=O)=O)cc2)cc1. The lowest BCUT2D eigenvalue weighted by molar-refractivity contribution is 0.101. The molecule has 6 N–H and O–H groups in total. The Morgan fingerprint density at radius 3 is 1.13 bits per heavy atom. The second-order valence-electron chi connectivity index (χ2n) is 8.14. The number of sulfonamides is 2. The molecule has 38 heavy (non-hydrogen) atoms. The highest BCUT2D eigenvalue weighted by Gasteiger charge is 2.19. The summed E-state index contributed by atoms with van der Waals surface area (Å²) in [5, 5.41) is 15.7. The summed E-state index contributed by atoms with van der Waals surface area (Å²) in [4.78, 5) is 26.1. The molecule has 0 fully saturated rings. The monoisotopic (exact) mass is 550 g/mol. The lowest BCUT2D eigenvalue weighted by atomic mass is 9.94. The van der Waals surface area contributed by atoms with Gasteiger partial charge in [0.15, 0.2) is 0 Å². The molecule has 2 amide bonds. The van der Waals surface area contributed by atoms with Gasteiger partial charge in [-0.25, -0.2) is 27.1 Å². The second-order valence-corrected chi connectivity index (χ2v) is 11.3. The van der Waals surface area contributed by atoms with Gasteiger partial charge in [-0.2, -0.15) is 0 Å². The van der Waals surface area contributed by atoms with Crippen LogP contribution in [0.2, 0.25) is 0 Å². The molecular formula is C26H22N4O6S2. The molecule has 194 valence electrons. The molecule has 0 atom stereocenters. The quantitative estimate of drug-likeness (QED) is 0.274. The average Bonchev–Trinajstić information content (AvgIpc) is 2.88. The third kappa shape index (κ3) is 6.12. The summed E-state index contributed by atoms with van der Waals surface area (Å²) in [6.45, 7) is 0. The Labute approximate surface area is 219 Å². The summed E-state index contributed by atoms with van der Waals surface area (Å²) in [7, 11) is -7.74. The largest absolute Gasteiger partial charge is 0.322 e. The van der Waals surface area contributed by atoms with Crippen LogP contribution in [0, 0.1) is 0 Å². The molecule has 0 heterocycles. The summed E-state index contributed by atoms with van der Waals surface area (Å²) >= 11 is 0. The second kappa shape index (κ2) is 10.6. The van der Waals surface area contributed by atoms with E-state index in [2.05, 4.69) is 10.6 Å². The van der Waals surface area contributed by atoms with E-state index in [0.717, 1.165) is 0 Å². The molecule has 12 heteroatoms. The standard InChI is InChI=1S/C26H22N4O6S2/c27-37(33,34)19-13-9-17(10-14-19)29-25(31)23-7-3-1-5-21(23)22-6-2-4-8-24(22)26(32)30-18-11-15-20(16-12-18)38(28,35)36/h1-16H,(H,29,31)(H,30,32)(H2,27,33,34)(H2,28,35,36). The normalized spacial score (nSPS) is 11.5. The zero-order valence-electron chi connectivity index (χ0n) is 19.7. The number of carbonyl (C=O) groups is 2. The Kier molecular flexibility index (Phi) is 7.41. The zero-order valence-corrected chi connectivity index (χ0v) is 21.3. The number of carbonyl (C=O) groups excluding carboxylic acids is 2. The highest BCUT2D eigenvalue weighted by atomic mass is 32.2. The Bertz CT molecular complexity index is 1600. The Morgan fingerprint density at radius 1 is 0.500 bits per heavy atom. The molecule has 4 aromatic rings. The van der Waals surface area contributed by atoms with Gasteiger partial charge in [-0.05, 0) is 71.8 Å². The fraction of sp³-hybridized carbons (Fsp3) is 0. The molecule has 4 rings (SSSR count). The van der Waals surface area contributed by atoms with Crippen LogP contribution >= 0.6 is 0 Å². The number of anilines is 2. The zero-order chi connectivity index (χ0) is 27.5. The number of nitrogens with two attached hydrogens (primary N) is 2. The van der Waals surface area contributed by atoms with Gasteiger partial charge in [0.1, 0.15) is 0 Å². The number of nitrogens with one attached hydrogen (secondary N) is 2. The van der Waals surface area contributed by atoms with Crippen molar-refractivity contribution in [2.45, 2.75) is 9.79 Å². The molecule has 0 aliphatic heterocycles. The minimum atomic E-state index is -3.87. The fourth-order valence-corrected chi connectivity index (χ4v) is 4.72. The van der Waals surface area contributed by atoms with E-state index in [1.54, 1.807) is 48.5 Å². The van der Waals surface area contributed by atoms with Crippen molar-refractivity contribution in [3.63, 3.8) is 0 Å². The van der Waals surface area contributed by atoms with Crippen LogP contribution in [0.1, 0.15) is 20.7 Å². The summed E-state index contributed by atoms with van der Waals surface area (Å²) in [6, 6.07) is 24.2. The van der Waals surface area contributed by atoms with Gasteiger partial charge in [-0.3, -0.25) is 9.59 Å². The Balaban J connectivity index is 1.62. The van der Waals surface area contributed by atoms with E-state index in [4.69, 9.17) is 10.3 Å². The number of benzene rings is 4. The summed E-state index contributed by atoms with van der Waals surface area (Å²) < 4.78 is 45.9. The topological polar surface area (TPSA) is 179 Å². The molecule has 10 nitrogen and oxygen atoms in total. The number of hydrogen-bond acceptors (Lipinski definition) is 6. The number of primary sulfonamides is 2. The van der Waals surface area contributed by atoms with Crippen LogP contribution < -0.4 is 20.9 Å². The Hall–Kier alpha value is -4.36. The molecular weight excluding hydrogens is 528 g/mol. The molecule has 4 aromatic carbocycles. The third-order valence-electron chi connectivity index (χ3n) is 5.51. The molecule has 0 radical (unpaired) electrons. The van der Waals surface area contributed by atoms with Gasteiger partial charge in [0.25, 0.3) is 11.8 Å². The maximum Gasteiger partial charge on any atom is 0.256 e. The smallest absolute Gasteiger partial charge is 0.256 e. The van der Waals surface area contributed by atoms with Gasteiger partial charge in [0.05, 0.1) is 9.79 Å². The van der Waals surface area contributed by atoms with Gasteiger partial charge >= 0.3 is 0 Å². The maximum absolute atomic E-state index is 13.2. The minimum Gasteiger partial charge on any atom is -0.322 e. The number of rotatable bonds is 7. The van der Waals surface area contributed by atoms with Crippen LogP contribution in [-0.2, 0) is 20.0 Å². The van der Waals surface area contributed by atoms with Crippen molar-refractivity contribution in [2.75, 3.05) is 10.6 Å². The first-order chi connectivity index (χ1) is 17.9. The first-order valence-corrected chi connectivity index (χ1v) is 14.1. The summed E-state index contributed by atoms with van der Waals surface area (Å²) in [5.74, 6) is -0.949. The molecule has 0 aliphatic carbocycles. The first kappa shape index (κ1) is 26.7. The van der Waals surface area contributed by atoms with Gasteiger partial charge in [0.2, 0.25) is 20.0 Å². The highest BCUT2D eigenvalue weighted by molar-refractivity contribution is 7.89. The van der Waals surface area contributed by atoms with Crippen molar-refractivity contribution in [3.8, 4) is 11.1 Å². The van der Waals surface area contributed by atoms with Gasteiger partial charge in [-0.15, -0.1) is 0 Å². The van der Waals surface area contributed by atoms with Crippen LogP contribution in [0.5, 0.6) is 0 Å². The molecule has 0 unspecified atom stereocenters. The van der Waals surface area contributed by atoms with Crippen LogP contribution in [0.25, 0.3) is 11.1 Å². The fourth-order valence-electron chi connectivity index (χ4n) is 3.68. The molecule has 0 aliphatic rings. The Morgan fingerprint density at radius 2 is 0.816 bits per heavy atom. The number of amides is 2. The van der Waals surface area contributed by atoms with Crippen molar-refractivity contribution in [3.05, 3.63) is 108 Å². The maximum atomic E-state index is 13.2. The molecule has 0 saturated heterocycles. The first-order valence-electron chi connectivity index (χ1n) is 11.0. The van der Waals surface area contributed by atoms with Crippen molar-refractivity contribution < 1.29 is 26.4 Å². The van der Waals surface area contributed by atoms with E-state index in [0.29, 0.717) is 22.5 Å². The number of hydrogen-bond donors (Lipinski definition) is 4. The molecule has 0 saturated carbocycles.